The number of aromatic hydroxyl groups is 2. The van der Waals surface area contributed by atoms with Gasteiger partial charge in [-0.25, -0.2) is 0 Å². The largest absolute Gasteiger partial charge is 1.00 e. The van der Waals surface area contributed by atoms with Gasteiger partial charge in [-0.2, -0.15) is 0 Å². The van der Waals surface area contributed by atoms with Crippen molar-refractivity contribution in [3.63, 3.8) is 0 Å². The number of halogens is 1. The summed E-state index contributed by atoms with van der Waals surface area (Å²) < 4.78 is 0. The summed E-state index contributed by atoms with van der Waals surface area (Å²) in [7, 11) is -2.23. The molecule has 0 bridgehead atoms. The summed E-state index contributed by atoms with van der Waals surface area (Å²) in [6, 6.07) is 49.3. The van der Waals surface area contributed by atoms with Crippen LogP contribution < -0.4 is 32.9 Å². The van der Waals surface area contributed by atoms with Gasteiger partial charge in [-0.05, 0) is 78.2 Å². The lowest BCUT2D eigenvalue weighted by Crippen LogP contribution is -3.00. The first-order valence-electron chi connectivity index (χ1n) is 17.2. The van der Waals surface area contributed by atoms with Gasteiger partial charge in [0.2, 0.25) is 0 Å². The Morgan fingerprint density at radius 3 is 1.15 bits per heavy atom. The minimum absolute atomic E-state index is 0. The molecule has 0 radical (unpaired) electrons. The fraction of sp³-hybridized carbons (Fsp3) is 0.302. The van der Waals surface area contributed by atoms with Crippen LogP contribution in [0.15, 0.2) is 140 Å². The van der Waals surface area contributed by atoms with E-state index in [1.807, 2.05) is 24.3 Å². The summed E-state index contributed by atoms with van der Waals surface area (Å²) in [4.78, 5) is 0. The average molecular weight is 710 g/mol. The second-order valence-corrected chi connectivity index (χ2v) is 16.2. The van der Waals surface area contributed by atoms with Crippen molar-refractivity contribution in [3.8, 4) is 11.5 Å². The van der Waals surface area contributed by atoms with E-state index in [1.165, 1.54) is 78.4 Å². The number of phenols is 2. The van der Waals surface area contributed by atoms with Crippen LogP contribution in [0.2, 0.25) is 0 Å². The van der Waals surface area contributed by atoms with Crippen LogP contribution in [-0.2, 0) is 5.41 Å². The maximum Gasteiger partial charge on any atom is 0.115 e. The zero-order valence-corrected chi connectivity index (χ0v) is 30.3. The van der Waals surface area contributed by atoms with Gasteiger partial charge in [0.05, 0.1) is 11.6 Å². The van der Waals surface area contributed by atoms with Gasteiger partial charge >= 0.3 is 0 Å². The van der Waals surface area contributed by atoms with Gasteiger partial charge in [0.15, 0.2) is 0 Å². The van der Waals surface area contributed by atoms with Crippen LogP contribution >= 0.6 is 7.26 Å². The monoisotopic (exact) mass is 708 g/mol. The third-order valence-electron chi connectivity index (χ3n) is 9.64. The van der Waals surface area contributed by atoms with Crippen molar-refractivity contribution < 1.29 is 27.2 Å². The van der Waals surface area contributed by atoms with Crippen LogP contribution in [0.4, 0.5) is 0 Å². The van der Waals surface area contributed by atoms with Crippen LogP contribution in [0.1, 0.15) is 82.3 Å². The number of benzene rings is 5. The molecule has 0 amide bonds. The molecule has 0 aromatic heterocycles. The van der Waals surface area contributed by atoms with Crippen LogP contribution in [0, 0.1) is 0 Å². The van der Waals surface area contributed by atoms with Crippen molar-refractivity contribution in [2.24, 2.45) is 0 Å². The fourth-order valence-corrected chi connectivity index (χ4v) is 12.0. The highest BCUT2D eigenvalue weighted by atomic mass is 79.9. The molecule has 0 unspecified atom stereocenters. The highest BCUT2D eigenvalue weighted by molar-refractivity contribution is 7.95. The summed E-state index contributed by atoms with van der Waals surface area (Å²) in [6.45, 7) is 2.28. The third kappa shape index (κ3) is 8.95. The number of hydrogen-bond donors (Lipinski definition) is 2. The van der Waals surface area contributed by atoms with Gasteiger partial charge < -0.3 is 27.2 Å². The Morgan fingerprint density at radius 2 is 0.787 bits per heavy atom. The van der Waals surface area contributed by atoms with Gasteiger partial charge in [0.1, 0.15) is 34.7 Å². The van der Waals surface area contributed by atoms with Crippen molar-refractivity contribution in [2.45, 2.75) is 76.5 Å². The lowest BCUT2D eigenvalue weighted by atomic mass is 9.72. The number of hydrogen-bond acceptors (Lipinski definition) is 2. The molecule has 0 atom stereocenters. The molecule has 2 N–H and O–H groups in total. The zero-order valence-electron chi connectivity index (χ0n) is 27.8. The number of unbranched alkanes of at least 4 members (excludes halogenated alkanes) is 8. The van der Waals surface area contributed by atoms with Crippen LogP contribution in [0.25, 0.3) is 0 Å². The summed E-state index contributed by atoms with van der Waals surface area (Å²) in [6.07, 6.45) is 13.4. The second-order valence-electron chi connectivity index (χ2n) is 12.7. The van der Waals surface area contributed by atoms with E-state index < -0.39 is 7.26 Å². The van der Waals surface area contributed by atoms with E-state index in [1.54, 1.807) is 0 Å². The molecule has 0 heterocycles. The molecular formula is C43H50BrO2P. The standard InChI is InChI=1S/C43H49O2P.BrH/c1-2-3-4-5-6-7-8-9-19-34-43(36-26-30-38(44)31-27-36,37-28-32-39(45)33-29-37)35-46(40-20-13-10-14-21-40,41-22-15-11-16-23-41)42-24-17-12-18-25-42;/h10-18,20-33H,2-9,19,34-35H2,1H3,(H-,44,45);1H. The summed E-state index contributed by atoms with van der Waals surface area (Å²) in [5, 5.41) is 24.9. The van der Waals surface area contributed by atoms with E-state index in [9.17, 15) is 10.2 Å². The minimum atomic E-state index is -2.23. The van der Waals surface area contributed by atoms with Crippen molar-refractivity contribution in [3.05, 3.63) is 151 Å². The molecule has 0 fully saturated rings. The van der Waals surface area contributed by atoms with E-state index >= 15 is 0 Å². The van der Waals surface area contributed by atoms with Crippen LogP contribution in [-0.4, -0.2) is 16.4 Å². The quantitative estimate of drug-likeness (QED) is 0.0787. The first-order valence-corrected chi connectivity index (χ1v) is 19.2. The highest BCUT2D eigenvalue weighted by Gasteiger charge is 2.53. The smallest absolute Gasteiger partial charge is 0.115 e. The van der Waals surface area contributed by atoms with E-state index in [-0.39, 0.29) is 33.9 Å². The predicted molar refractivity (Wildman–Crippen MR) is 199 cm³/mol. The Balaban J connectivity index is 0.00000500. The van der Waals surface area contributed by atoms with Crippen molar-refractivity contribution in [2.75, 3.05) is 6.16 Å². The maximum absolute atomic E-state index is 10.4. The Labute approximate surface area is 294 Å². The van der Waals surface area contributed by atoms with E-state index in [0.717, 1.165) is 19.0 Å². The first kappa shape index (κ1) is 36.4. The van der Waals surface area contributed by atoms with Gasteiger partial charge in [-0.15, -0.1) is 0 Å². The van der Waals surface area contributed by atoms with Gasteiger partial charge in [-0.1, -0.05) is 144 Å². The van der Waals surface area contributed by atoms with Crippen molar-refractivity contribution >= 4 is 23.2 Å². The predicted octanol–water partition coefficient (Wildman–Crippen LogP) is 7.30. The molecule has 246 valence electrons. The number of rotatable bonds is 17. The Bertz CT molecular complexity index is 1430. The molecule has 5 aromatic rings. The normalized spacial score (nSPS) is 11.6. The topological polar surface area (TPSA) is 40.5 Å². The average Bonchev–Trinajstić information content (AvgIpc) is 3.11. The SMILES string of the molecule is CCCCCCCCCCCC(C[P+](c1ccccc1)(c1ccccc1)c1ccccc1)(c1ccc(O)cc1)c1ccc(O)cc1.[Br-]. The lowest BCUT2D eigenvalue weighted by Gasteiger charge is -2.40. The van der Waals surface area contributed by atoms with E-state index in [4.69, 9.17) is 0 Å². The first-order chi connectivity index (χ1) is 22.6. The molecular weight excluding hydrogens is 659 g/mol. The van der Waals surface area contributed by atoms with Gasteiger partial charge in [-0.3, -0.25) is 0 Å². The van der Waals surface area contributed by atoms with E-state index in [2.05, 4.69) is 122 Å². The molecule has 0 aliphatic rings. The minimum Gasteiger partial charge on any atom is -1.00 e. The van der Waals surface area contributed by atoms with E-state index in [0.29, 0.717) is 0 Å². The van der Waals surface area contributed by atoms with Crippen LogP contribution in [0.5, 0.6) is 11.5 Å². The molecule has 4 heteroatoms. The molecule has 0 saturated heterocycles. The lowest BCUT2D eigenvalue weighted by molar-refractivity contribution is -0.0000113. The summed E-state index contributed by atoms with van der Waals surface area (Å²) in [5.74, 6) is 0.559. The Hall–Kier alpha value is -3.39. The Morgan fingerprint density at radius 1 is 0.447 bits per heavy atom. The van der Waals surface area contributed by atoms with Crippen LogP contribution in [0.3, 0.4) is 0 Å². The van der Waals surface area contributed by atoms with Gasteiger partial charge in [0, 0.05) is 0 Å². The molecule has 47 heavy (non-hydrogen) atoms. The molecule has 5 rings (SSSR count). The van der Waals surface area contributed by atoms with Crippen molar-refractivity contribution in [1.82, 2.24) is 0 Å². The van der Waals surface area contributed by atoms with Gasteiger partial charge in [0.25, 0.3) is 0 Å². The molecule has 0 saturated carbocycles. The molecule has 0 spiro atoms. The highest BCUT2D eigenvalue weighted by Crippen LogP contribution is 2.61. The summed E-state index contributed by atoms with van der Waals surface area (Å²) in [5.41, 5.74) is 2.06. The third-order valence-corrected chi connectivity index (χ3v) is 14.2. The fourth-order valence-electron chi connectivity index (χ4n) is 7.19. The molecule has 2 nitrogen and oxygen atoms in total. The van der Waals surface area contributed by atoms with Crippen molar-refractivity contribution in [1.29, 1.82) is 0 Å². The molecule has 0 aliphatic carbocycles. The second kappa shape index (κ2) is 18.2. The summed E-state index contributed by atoms with van der Waals surface area (Å²) >= 11 is 0. The molecule has 5 aromatic carbocycles. The Kier molecular flexibility index (Phi) is 14.1. The zero-order chi connectivity index (χ0) is 32.1. The maximum atomic E-state index is 10.4. The molecule has 0 aliphatic heterocycles. The number of phenolic OH excluding ortho intramolecular Hbond substituents is 2.